The molecule has 0 spiro atoms. The highest BCUT2D eigenvalue weighted by Gasteiger charge is 2.18. The third-order valence-electron chi connectivity index (χ3n) is 4.65. The van der Waals surface area contributed by atoms with Gasteiger partial charge in [0.2, 0.25) is 0 Å². The Hall–Kier alpha value is -1.29. The molecule has 1 atom stereocenters. The maximum Gasteiger partial charge on any atom is 0.253 e. The first-order valence-electron chi connectivity index (χ1n) is 8.22. The number of aromatic nitrogens is 1. The smallest absolute Gasteiger partial charge is 0.253 e. The number of amides is 1. The van der Waals surface area contributed by atoms with Crippen LogP contribution in [-0.2, 0) is 6.54 Å². The quantitative estimate of drug-likeness (QED) is 0.875. The van der Waals surface area contributed by atoms with E-state index in [0.29, 0.717) is 0 Å². The summed E-state index contributed by atoms with van der Waals surface area (Å²) >= 11 is 0. The van der Waals surface area contributed by atoms with Crippen molar-refractivity contribution in [2.24, 2.45) is 0 Å². The maximum absolute atomic E-state index is 12.3. The van der Waals surface area contributed by atoms with E-state index in [-0.39, 0.29) is 11.9 Å². The molecule has 0 saturated carbocycles. The van der Waals surface area contributed by atoms with Gasteiger partial charge in [-0.15, -0.1) is 0 Å². The zero-order chi connectivity index (χ0) is 15.4. The molecule has 1 N–H and O–H groups in total. The zero-order valence-electron chi connectivity index (χ0n) is 13.9. The summed E-state index contributed by atoms with van der Waals surface area (Å²) in [6.07, 6.45) is 3.61. The van der Waals surface area contributed by atoms with Crippen molar-refractivity contribution in [3.63, 3.8) is 0 Å². The van der Waals surface area contributed by atoms with Crippen LogP contribution in [0.5, 0.6) is 0 Å². The second-order valence-corrected chi connectivity index (χ2v) is 6.27. The topological polar surface area (TPSA) is 37.3 Å². The van der Waals surface area contributed by atoms with Crippen LogP contribution in [0.3, 0.4) is 0 Å². The van der Waals surface area contributed by atoms with E-state index in [4.69, 9.17) is 0 Å². The molecule has 0 aromatic carbocycles. The minimum Gasteiger partial charge on any atom is -0.350 e. The van der Waals surface area contributed by atoms with Crippen LogP contribution in [0.1, 0.15) is 54.9 Å². The SMILES string of the molecule is CC[C@@H](C)NC(=O)c1cc(C)n(CCN2CCCC2)c1C. The van der Waals surface area contributed by atoms with Crippen molar-refractivity contribution in [1.29, 1.82) is 0 Å². The fourth-order valence-electron chi connectivity index (χ4n) is 3.03. The van der Waals surface area contributed by atoms with Gasteiger partial charge in [-0.1, -0.05) is 6.92 Å². The van der Waals surface area contributed by atoms with Gasteiger partial charge in [-0.25, -0.2) is 0 Å². The van der Waals surface area contributed by atoms with E-state index in [0.717, 1.165) is 30.8 Å². The fourth-order valence-corrected chi connectivity index (χ4v) is 3.03. The Bertz CT molecular complexity index is 486. The van der Waals surface area contributed by atoms with Crippen LogP contribution < -0.4 is 5.32 Å². The molecule has 118 valence electrons. The highest BCUT2D eigenvalue weighted by atomic mass is 16.1. The lowest BCUT2D eigenvalue weighted by atomic mass is 10.2. The summed E-state index contributed by atoms with van der Waals surface area (Å²) < 4.78 is 2.28. The third kappa shape index (κ3) is 3.88. The van der Waals surface area contributed by atoms with Gasteiger partial charge in [0.1, 0.15) is 0 Å². The standard InChI is InChI=1S/C17H29N3O/c1-5-13(2)18-17(21)16-12-14(3)20(15(16)4)11-10-19-8-6-7-9-19/h12-13H,5-11H2,1-4H3,(H,18,21)/t13-/m1/s1. The number of carbonyl (C=O) groups excluding carboxylic acids is 1. The molecular formula is C17H29N3O. The third-order valence-corrected chi connectivity index (χ3v) is 4.65. The van der Waals surface area contributed by atoms with E-state index >= 15 is 0 Å². The molecule has 0 unspecified atom stereocenters. The van der Waals surface area contributed by atoms with Crippen LogP contribution in [0, 0.1) is 13.8 Å². The molecule has 1 saturated heterocycles. The number of hydrogen-bond donors (Lipinski definition) is 1. The molecule has 1 aliphatic heterocycles. The molecule has 0 radical (unpaired) electrons. The summed E-state index contributed by atoms with van der Waals surface area (Å²) in [5.41, 5.74) is 3.10. The van der Waals surface area contributed by atoms with Gasteiger partial charge in [0.25, 0.3) is 5.91 Å². The summed E-state index contributed by atoms with van der Waals surface area (Å²) in [4.78, 5) is 14.8. The van der Waals surface area contributed by atoms with Crippen molar-refractivity contribution in [2.45, 2.75) is 59.5 Å². The van der Waals surface area contributed by atoms with Gasteiger partial charge < -0.3 is 14.8 Å². The molecule has 1 aliphatic rings. The largest absolute Gasteiger partial charge is 0.350 e. The van der Waals surface area contributed by atoms with Gasteiger partial charge in [-0.2, -0.15) is 0 Å². The van der Waals surface area contributed by atoms with Gasteiger partial charge in [0.05, 0.1) is 5.56 Å². The summed E-state index contributed by atoms with van der Waals surface area (Å²) in [6, 6.07) is 2.25. The average Bonchev–Trinajstić information content (AvgIpc) is 3.05. The molecule has 2 rings (SSSR count). The molecule has 2 heterocycles. The van der Waals surface area contributed by atoms with E-state index in [1.165, 1.54) is 31.6 Å². The van der Waals surface area contributed by atoms with E-state index < -0.39 is 0 Å². The first kappa shape index (κ1) is 16.1. The summed E-state index contributed by atoms with van der Waals surface area (Å²) in [6.45, 7) is 12.8. The molecule has 0 bridgehead atoms. The summed E-state index contributed by atoms with van der Waals surface area (Å²) in [7, 11) is 0. The van der Waals surface area contributed by atoms with Crippen molar-refractivity contribution in [3.8, 4) is 0 Å². The van der Waals surface area contributed by atoms with Crippen molar-refractivity contribution in [3.05, 3.63) is 23.0 Å². The number of aryl methyl sites for hydroxylation is 1. The van der Waals surface area contributed by atoms with Crippen molar-refractivity contribution in [1.82, 2.24) is 14.8 Å². The van der Waals surface area contributed by atoms with Gasteiger partial charge >= 0.3 is 0 Å². The molecule has 0 aliphatic carbocycles. The van der Waals surface area contributed by atoms with E-state index in [9.17, 15) is 4.79 Å². The fraction of sp³-hybridized carbons (Fsp3) is 0.706. The molecule has 1 fully saturated rings. The number of hydrogen-bond acceptors (Lipinski definition) is 2. The van der Waals surface area contributed by atoms with Crippen molar-refractivity contribution in [2.75, 3.05) is 19.6 Å². The van der Waals surface area contributed by atoms with Gasteiger partial charge in [0, 0.05) is 30.5 Å². The Labute approximate surface area is 128 Å². The van der Waals surface area contributed by atoms with Crippen LogP contribution in [0.25, 0.3) is 0 Å². The first-order valence-corrected chi connectivity index (χ1v) is 8.22. The Morgan fingerprint density at radius 3 is 2.57 bits per heavy atom. The van der Waals surface area contributed by atoms with Gasteiger partial charge in [-0.05, 0) is 59.2 Å². The Kier molecular flexibility index (Phi) is 5.45. The lowest BCUT2D eigenvalue weighted by Gasteiger charge is -2.17. The molecule has 1 aromatic rings. The minimum atomic E-state index is 0.0601. The van der Waals surface area contributed by atoms with Crippen LogP contribution in [0.2, 0.25) is 0 Å². The highest BCUT2D eigenvalue weighted by molar-refractivity contribution is 5.95. The number of rotatable bonds is 6. The number of carbonyl (C=O) groups is 1. The predicted molar refractivity (Wildman–Crippen MR) is 86.8 cm³/mol. The molecular weight excluding hydrogens is 262 g/mol. The second-order valence-electron chi connectivity index (χ2n) is 6.27. The molecule has 1 aromatic heterocycles. The summed E-state index contributed by atoms with van der Waals surface area (Å²) in [5, 5.41) is 3.06. The highest BCUT2D eigenvalue weighted by Crippen LogP contribution is 2.16. The van der Waals surface area contributed by atoms with Crippen LogP contribution in [0.4, 0.5) is 0 Å². The second kappa shape index (κ2) is 7.12. The normalized spacial score (nSPS) is 17.1. The first-order chi connectivity index (χ1) is 10.0. The van der Waals surface area contributed by atoms with Gasteiger partial charge in [0.15, 0.2) is 0 Å². The average molecular weight is 291 g/mol. The number of nitrogens with one attached hydrogen (secondary N) is 1. The van der Waals surface area contributed by atoms with Crippen molar-refractivity contribution < 1.29 is 4.79 Å². The maximum atomic E-state index is 12.3. The monoisotopic (exact) mass is 291 g/mol. The van der Waals surface area contributed by atoms with Crippen LogP contribution >= 0.6 is 0 Å². The van der Waals surface area contributed by atoms with Crippen molar-refractivity contribution >= 4 is 5.91 Å². The Morgan fingerprint density at radius 1 is 1.29 bits per heavy atom. The van der Waals surface area contributed by atoms with E-state index in [1.807, 2.05) is 13.0 Å². The van der Waals surface area contributed by atoms with Crippen LogP contribution in [0.15, 0.2) is 6.07 Å². The number of nitrogens with zero attached hydrogens (tertiary/aromatic N) is 2. The summed E-state index contributed by atoms with van der Waals surface area (Å²) in [5.74, 6) is 0.0601. The minimum absolute atomic E-state index is 0.0601. The lowest BCUT2D eigenvalue weighted by Crippen LogP contribution is -2.32. The molecule has 1 amide bonds. The predicted octanol–water partition coefficient (Wildman–Crippen LogP) is 2.73. The van der Waals surface area contributed by atoms with E-state index in [1.54, 1.807) is 0 Å². The van der Waals surface area contributed by atoms with E-state index in [2.05, 4.69) is 35.6 Å². The Balaban J connectivity index is 2.03. The molecule has 21 heavy (non-hydrogen) atoms. The number of likely N-dealkylation sites (tertiary alicyclic amines) is 1. The van der Waals surface area contributed by atoms with Gasteiger partial charge in [-0.3, -0.25) is 4.79 Å². The molecule has 4 nitrogen and oxygen atoms in total. The Morgan fingerprint density at radius 2 is 1.95 bits per heavy atom. The zero-order valence-corrected chi connectivity index (χ0v) is 13.9. The van der Waals surface area contributed by atoms with Crippen LogP contribution in [-0.4, -0.2) is 41.1 Å². The lowest BCUT2D eigenvalue weighted by molar-refractivity contribution is 0.0938. The molecule has 4 heteroatoms.